The van der Waals surface area contributed by atoms with Crippen molar-refractivity contribution in [1.29, 1.82) is 0 Å². The summed E-state index contributed by atoms with van der Waals surface area (Å²) in [7, 11) is -4.01. The van der Waals surface area contributed by atoms with E-state index >= 15 is 0 Å². The summed E-state index contributed by atoms with van der Waals surface area (Å²) in [6.45, 7) is 0. The minimum absolute atomic E-state index is 0.0420. The molecule has 0 spiro atoms. The lowest BCUT2D eigenvalue weighted by Gasteiger charge is -2.20. The summed E-state index contributed by atoms with van der Waals surface area (Å²) in [5.41, 5.74) is 0. The first kappa shape index (κ1) is 16.3. The first-order valence-electron chi connectivity index (χ1n) is 4.40. The molecule has 1 aromatic rings. The highest BCUT2D eigenvalue weighted by atomic mass is 35.6. The van der Waals surface area contributed by atoms with Crippen LogP contribution in [-0.4, -0.2) is 22.2 Å². The fourth-order valence-electron chi connectivity index (χ4n) is 1.15. The predicted molar refractivity (Wildman–Crippen MR) is 76.8 cm³/mol. The Balaban J connectivity index is 3.35. The van der Waals surface area contributed by atoms with Crippen LogP contribution in [0.25, 0.3) is 0 Å². The van der Waals surface area contributed by atoms with Gasteiger partial charge < -0.3 is 0 Å². The van der Waals surface area contributed by atoms with Gasteiger partial charge in [-0.2, -0.15) is 0 Å². The van der Waals surface area contributed by atoms with Gasteiger partial charge in [0.05, 0.1) is 4.90 Å². The summed E-state index contributed by atoms with van der Waals surface area (Å²) in [6.07, 6.45) is 0. The zero-order chi connectivity index (χ0) is 14.0. The molecule has 100 valence electrons. The van der Waals surface area contributed by atoms with Crippen LogP contribution in [0.5, 0.6) is 0 Å². The first-order valence-corrected chi connectivity index (χ1v) is 7.84. The van der Waals surface area contributed by atoms with Crippen LogP contribution in [0.3, 0.4) is 0 Å². The summed E-state index contributed by atoms with van der Waals surface area (Å²) in [6, 6.07) is 7.44. The SMILES string of the molecule is O=S(=O)(c1ccccc1)C(N=C(Cl)Cl)C(Cl)(Cl)Cl. The Bertz CT molecular complexity index is 534. The molecule has 0 N–H and O–H groups in total. The fraction of sp³-hybridized carbons (Fsp3) is 0.222. The molecule has 0 fully saturated rings. The van der Waals surface area contributed by atoms with E-state index in [0.29, 0.717) is 0 Å². The predicted octanol–water partition coefficient (Wildman–Crippen LogP) is 3.99. The summed E-state index contributed by atoms with van der Waals surface area (Å²) in [5, 5.41) is -1.72. The van der Waals surface area contributed by atoms with E-state index in [0.717, 1.165) is 0 Å². The van der Waals surface area contributed by atoms with Crippen LogP contribution in [0, 0.1) is 0 Å². The zero-order valence-electron chi connectivity index (χ0n) is 8.53. The van der Waals surface area contributed by atoms with E-state index in [2.05, 4.69) is 4.99 Å². The zero-order valence-corrected chi connectivity index (χ0v) is 13.1. The fourth-order valence-corrected chi connectivity index (χ4v) is 4.05. The van der Waals surface area contributed by atoms with Crippen molar-refractivity contribution in [2.75, 3.05) is 0 Å². The van der Waals surface area contributed by atoms with Crippen molar-refractivity contribution >= 4 is 72.5 Å². The Hall–Kier alpha value is 0.290. The van der Waals surface area contributed by atoms with Crippen LogP contribution in [0.1, 0.15) is 0 Å². The van der Waals surface area contributed by atoms with Gasteiger partial charge in [0.2, 0.25) is 19.0 Å². The number of halogens is 5. The van der Waals surface area contributed by atoms with Crippen LogP contribution in [0.15, 0.2) is 40.2 Å². The monoisotopic (exact) mass is 367 g/mol. The van der Waals surface area contributed by atoms with Crippen LogP contribution in [-0.2, 0) is 9.84 Å². The molecule has 0 aliphatic rings. The summed E-state index contributed by atoms with van der Waals surface area (Å²) in [5.74, 6) is 0. The molecule has 1 aromatic carbocycles. The van der Waals surface area contributed by atoms with E-state index in [1.165, 1.54) is 24.3 Å². The van der Waals surface area contributed by atoms with Crippen molar-refractivity contribution in [2.24, 2.45) is 4.99 Å². The third kappa shape index (κ3) is 4.15. The van der Waals surface area contributed by atoms with Crippen LogP contribution < -0.4 is 0 Å². The van der Waals surface area contributed by atoms with Crippen molar-refractivity contribution in [3.8, 4) is 0 Å². The van der Waals surface area contributed by atoms with Gasteiger partial charge in [0.25, 0.3) is 0 Å². The van der Waals surface area contributed by atoms with Gasteiger partial charge in [-0.25, -0.2) is 13.4 Å². The highest BCUT2D eigenvalue weighted by Gasteiger charge is 2.43. The molecule has 1 rings (SSSR count). The molecule has 3 nitrogen and oxygen atoms in total. The van der Waals surface area contributed by atoms with Gasteiger partial charge in [-0.3, -0.25) is 0 Å². The van der Waals surface area contributed by atoms with Crippen LogP contribution in [0.2, 0.25) is 0 Å². The van der Waals surface area contributed by atoms with E-state index in [1.54, 1.807) is 6.07 Å². The minimum atomic E-state index is -4.01. The molecule has 0 aliphatic carbocycles. The highest BCUT2D eigenvalue weighted by Crippen LogP contribution is 2.38. The van der Waals surface area contributed by atoms with E-state index in [1.807, 2.05) is 0 Å². The van der Waals surface area contributed by atoms with Crippen molar-refractivity contribution < 1.29 is 8.42 Å². The first-order chi connectivity index (χ1) is 8.15. The number of hydrogen-bond acceptors (Lipinski definition) is 3. The van der Waals surface area contributed by atoms with E-state index < -0.39 is 23.6 Å². The van der Waals surface area contributed by atoms with Crippen molar-refractivity contribution in [3.63, 3.8) is 0 Å². The van der Waals surface area contributed by atoms with Crippen molar-refractivity contribution in [1.82, 2.24) is 0 Å². The number of alkyl halides is 3. The molecule has 0 aliphatic heterocycles. The molecule has 0 saturated carbocycles. The summed E-state index contributed by atoms with van der Waals surface area (Å²) >= 11 is 27.5. The smallest absolute Gasteiger partial charge is 0.227 e. The van der Waals surface area contributed by atoms with Gasteiger partial charge in [-0.05, 0) is 35.3 Å². The quantitative estimate of drug-likeness (QED) is 0.597. The van der Waals surface area contributed by atoms with E-state index in [4.69, 9.17) is 58.0 Å². The minimum Gasteiger partial charge on any atom is -0.238 e. The molecule has 0 saturated heterocycles. The van der Waals surface area contributed by atoms with E-state index in [9.17, 15) is 8.42 Å². The number of rotatable bonds is 3. The van der Waals surface area contributed by atoms with Gasteiger partial charge in [0, 0.05) is 0 Å². The molecule has 18 heavy (non-hydrogen) atoms. The Morgan fingerprint density at radius 2 is 1.61 bits per heavy atom. The molecule has 0 amide bonds. The third-order valence-corrected chi connectivity index (χ3v) is 5.04. The molecule has 0 bridgehead atoms. The molecule has 0 heterocycles. The molecule has 0 radical (unpaired) electrons. The lowest BCUT2D eigenvalue weighted by Crippen LogP contribution is -2.33. The highest BCUT2D eigenvalue weighted by molar-refractivity contribution is 7.92. The van der Waals surface area contributed by atoms with E-state index in [-0.39, 0.29) is 4.90 Å². The molecule has 0 aromatic heterocycles. The molecular formula is C9H6Cl5NO2S. The van der Waals surface area contributed by atoms with Crippen LogP contribution >= 0.6 is 58.0 Å². The maximum atomic E-state index is 12.2. The molecular weight excluding hydrogens is 363 g/mol. The number of nitrogens with zero attached hydrogens (tertiary/aromatic N) is 1. The Kier molecular flexibility index (Phi) is 5.59. The van der Waals surface area contributed by atoms with Gasteiger partial charge in [-0.1, -0.05) is 53.0 Å². The van der Waals surface area contributed by atoms with Crippen LogP contribution in [0.4, 0.5) is 0 Å². The van der Waals surface area contributed by atoms with Gasteiger partial charge in [0.1, 0.15) is 0 Å². The molecule has 9 heteroatoms. The summed E-state index contributed by atoms with van der Waals surface area (Å²) in [4.78, 5) is 3.42. The normalized spacial score (nSPS) is 14.1. The Morgan fingerprint density at radius 1 is 1.11 bits per heavy atom. The second kappa shape index (κ2) is 6.16. The average molecular weight is 369 g/mol. The van der Waals surface area contributed by atoms with Crippen molar-refractivity contribution in [2.45, 2.75) is 14.1 Å². The van der Waals surface area contributed by atoms with Crippen molar-refractivity contribution in [3.05, 3.63) is 30.3 Å². The maximum Gasteiger partial charge on any atom is 0.227 e. The van der Waals surface area contributed by atoms with Gasteiger partial charge >= 0.3 is 0 Å². The standard InChI is InChI=1S/C9H6Cl5NO2S/c10-8(11)15-7(9(12,13)14)18(16,17)6-4-2-1-3-5-6/h1-5,7H. The second-order valence-corrected chi connectivity index (χ2v) is 8.41. The Labute approximate surface area is 130 Å². The number of aliphatic imine (C=N–C) groups is 1. The Morgan fingerprint density at radius 3 is 2.00 bits per heavy atom. The van der Waals surface area contributed by atoms with Gasteiger partial charge in [-0.15, -0.1) is 0 Å². The number of benzene rings is 1. The largest absolute Gasteiger partial charge is 0.238 e. The third-order valence-electron chi connectivity index (χ3n) is 1.86. The summed E-state index contributed by atoms with van der Waals surface area (Å²) < 4.78 is 21.7. The van der Waals surface area contributed by atoms with Gasteiger partial charge in [0.15, 0.2) is 4.63 Å². The topological polar surface area (TPSA) is 46.5 Å². The molecule has 1 atom stereocenters. The average Bonchev–Trinajstić information content (AvgIpc) is 2.25. The lowest BCUT2D eigenvalue weighted by molar-refractivity contribution is 0.582. The second-order valence-electron chi connectivity index (χ2n) is 3.12. The molecule has 1 unspecified atom stereocenters. The number of hydrogen-bond donors (Lipinski definition) is 0. The lowest BCUT2D eigenvalue weighted by atomic mass is 10.4. The number of sulfone groups is 1. The maximum absolute atomic E-state index is 12.2.